The molecule has 1 aliphatic heterocycles. The highest BCUT2D eigenvalue weighted by molar-refractivity contribution is 6.30. The van der Waals surface area contributed by atoms with Gasteiger partial charge in [0.05, 0.1) is 0 Å². The van der Waals surface area contributed by atoms with Crippen molar-refractivity contribution >= 4 is 47.1 Å². The first-order valence-electron chi connectivity index (χ1n) is 10.2. The van der Waals surface area contributed by atoms with Crippen LogP contribution in [0.5, 0.6) is 0 Å². The average Bonchev–Trinajstić information content (AvgIpc) is 3.41. The van der Waals surface area contributed by atoms with Gasteiger partial charge in [-0.25, -0.2) is 9.69 Å². The van der Waals surface area contributed by atoms with E-state index in [1.165, 1.54) is 6.08 Å². The van der Waals surface area contributed by atoms with Gasteiger partial charge in [0.15, 0.2) is 6.19 Å². The second-order valence-electron chi connectivity index (χ2n) is 7.35. The summed E-state index contributed by atoms with van der Waals surface area (Å²) in [5.74, 6) is -1.70. The van der Waals surface area contributed by atoms with E-state index in [-0.39, 0.29) is 5.70 Å². The summed E-state index contributed by atoms with van der Waals surface area (Å²) in [7, 11) is 0. The second kappa shape index (κ2) is 9.94. The van der Waals surface area contributed by atoms with E-state index in [9.17, 15) is 19.2 Å². The smallest absolute Gasteiger partial charge is 0.325 e. The van der Waals surface area contributed by atoms with Crippen molar-refractivity contribution in [2.24, 2.45) is 0 Å². The third-order valence-electron chi connectivity index (χ3n) is 5.04. The Kier molecular flexibility index (Phi) is 6.62. The quantitative estimate of drug-likeness (QED) is 0.212. The SMILES string of the molecule is N#CNC(=O)c1ccc(-n2cccc2/C=C2\NC(=O)N(CC(=O)Nc3ccc(Cl)cc3)C2=O)cc1. The lowest BCUT2D eigenvalue weighted by molar-refractivity contribution is -0.127. The van der Waals surface area contributed by atoms with Crippen LogP contribution in [0.3, 0.4) is 0 Å². The van der Waals surface area contributed by atoms with Gasteiger partial charge in [-0.2, -0.15) is 5.26 Å². The number of halogens is 1. The van der Waals surface area contributed by atoms with Gasteiger partial charge in [-0.05, 0) is 66.7 Å². The van der Waals surface area contributed by atoms with Gasteiger partial charge in [-0.15, -0.1) is 0 Å². The van der Waals surface area contributed by atoms with E-state index in [4.69, 9.17) is 16.9 Å². The molecule has 0 radical (unpaired) electrons. The molecule has 0 bridgehead atoms. The van der Waals surface area contributed by atoms with Crippen molar-refractivity contribution in [3.8, 4) is 11.9 Å². The predicted octanol–water partition coefficient (Wildman–Crippen LogP) is 2.87. The number of hydrogen-bond acceptors (Lipinski definition) is 5. The Morgan fingerprint density at radius 3 is 2.46 bits per heavy atom. The summed E-state index contributed by atoms with van der Waals surface area (Å²) in [6, 6.07) is 15.7. The number of hydrogen-bond donors (Lipinski definition) is 3. The molecule has 1 aliphatic rings. The van der Waals surface area contributed by atoms with Gasteiger partial charge in [0, 0.05) is 33.9 Å². The van der Waals surface area contributed by atoms with Gasteiger partial charge in [-0.1, -0.05) is 11.6 Å². The zero-order valence-electron chi connectivity index (χ0n) is 18.0. The number of carbonyl (C=O) groups is 4. The number of anilines is 1. The first-order valence-corrected chi connectivity index (χ1v) is 10.6. The van der Waals surface area contributed by atoms with Crippen molar-refractivity contribution in [2.45, 2.75) is 0 Å². The normalized spacial score (nSPS) is 13.9. The highest BCUT2D eigenvalue weighted by Gasteiger charge is 2.35. The number of nitriles is 1. The van der Waals surface area contributed by atoms with E-state index in [1.807, 2.05) is 0 Å². The topological polar surface area (TPSA) is 136 Å². The van der Waals surface area contributed by atoms with Gasteiger partial charge in [-0.3, -0.25) is 19.7 Å². The van der Waals surface area contributed by atoms with Gasteiger partial charge in [0.1, 0.15) is 12.2 Å². The molecule has 0 atom stereocenters. The van der Waals surface area contributed by atoms with Crippen LogP contribution in [-0.2, 0) is 9.59 Å². The van der Waals surface area contributed by atoms with Crippen LogP contribution in [0.1, 0.15) is 16.1 Å². The number of benzene rings is 2. The summed E-state index contributed by atoms with van der Waals surface area (Å²) in [6.07, 6.45) is 4.82. The molecule has 0 saturated carbocycles. The Balaban J connectivity index is 1.48. The molecular formula is C24H17ClN6O4. The summed E-state index contributed by atoms with van der Waals surface area (Å²) in [4.78, 5) is 50.1. The maximum Gasteiger partial charge on any atom is 0.329 e. The Morgan fingerprint density at radius 2 is 1.77 bits per heavy atom. The van der Waals surface area contributed by atoms with Crippen molar-refractivity contribution in [1.29, 1.82) is 5.26 Å². The lowest BCUT2D eigenvalue weighted by atomic mass is 10.2. The van der Waals surface area contributed by atoms with Gasteiger partial charge in [0.2, 0.25) is 5.91 Å². The summed E-state index contributed by atoms with van der Waals surface area (Å²) >= 11 is 5.83. The van der Waals surface area contributed by atoms with Gasteiger partial charge >= 0.3 is 6.03 Å². The van der Waals surface area contributed by atoms with Crippen molar-refractivity contribution in [2.75, 3.05) is 11.9 Å². The molecule has 0 unspecified atom stereocenters. The van der Waals surface area contributed by atoms with E-state index in [2.05, 4.69) is 16.0 Å². The molecule has 1 aromatic heterocycles. The molecule has 2 heterocycles. The van der Waals surface area contributed by atoms with E-state index in [0.29, 0.717) is 27.7 Å². The number of rotatable bonds is 6. The molecule has 4 rings (SSSR count). The van der Waals surface area contributed by atoms with Crippen molar-refractivity contribution < 1.29 is 19.2 Å². The minimum absolute atomic E-state index is 0.0132. The van der Waals surface area contributed by atoms with Crippen LogP contribution in [0.4, 0.5) is 10.5 Å². The number of amides is 5. The second-order valence-corrected chi connectivity index (χ2v) is 7.79. The lowest BCUT2D eigenvalue weighted by Crippen LogP contribution is -2.38. The number of urea groups is 1. The van der Waals surface area contributed by atoms with Crippen LogP contribution in [0.15, 0.2) is 72.6 Å². The molecule has 3 N–H and O–H groups in total. The molecule has 3 aromatic rings. The standard InChI is InChI=1S/C24H17ClN6O4/c25-16-5-7-17(8-6-16)28-21(32)13-31-23(34)20(29-24(31)35)12-19-2-1-11-30(19)18-9-3-15(4-10-18)22(33)27-14-26/h1-12H,13H2,(H,27,33)(H,28,32)(H,29,35)/b20-12-. The molecule has 35 heavy (non-hydrogen) atoms. The van der Waals surface area contributed by atoms with E-state index < -0.39 is 30.3 Å². The Labute approximate surface area is 204 Å². The first kappa shape index (κ1) is 23.3. The molecule has 10 nitrogen and oxygen atoms in total. The van der Waals surface area contributed by atoms with Crippen molar-refractivity contribution in [3.05, 3.63) is 88.8 Å². The van der Waals surface area contributed by atoms with Crippen LogP contribution >= 0.6 is 11.6 Å². The maximum absolute atomic E-state index is 12.8. The monoisotopic (exact) mass is 488 g/mol. The molecule has 11 heteroatoms. The molecule has 0 aliphatic carbocycles. The third kappa shape index (κ3) is 5.21. The Hall–Kier alpha value is -4.88. The number of nitrogens with one attached hydrogen (secondary N) is 3. The number of nitrogens with zero attached hydrogens (tertiary/aromatic N) is 3. The van der Waals surface area contributed by atoms with Crippen LogP contribution in [0.25, 0.3) is 11.8 Å². The minimum Gasteiger partial charge on any atom is -0.325 e. The van der Waals surface area contributed by atoms with E-state index >= 15 is 0 Å². The zero-order valence-corrected chi connectivity index (χ0v) is 18.7. The Morgan fingerprint density at radius 1 is 1.06 bits per heavy atom. The van der Waals surface area contributed by atoms with Crippen LogP contribution < -0.4 is 16.0 Å². The molecule has 2 aromatic carbocycles. The Bertz CT molecular complexity index is 1390. The number of carbonyl (C=O) groups excluding carboxylic acids is 4. The summed E-state index contributed by atoms with van der Waals surface area (Å²) in [5.41, 5.74) is 2.07. The zero-order chi connectivity index (χ0) is 24.9. The van der Waals surface area contributed by atoms with E-state index in [1.54, 1.807) is 77.6 Å². The molecule has 0 spiro atoms. The van der Waals surface area contributed by atoms with Crippen LogP contribution in [0.2, 0.25) is 5.02 Å². The number of aromatic nitrogens is 1. The first-order chi connectivity index (χ1) is 16.9. The fourth-order valence-electron chi connectivity index (χ4n) is 3.38. The fourth-order valence-corrected chi connectivity index (χ4v) is 3.51. The fraction of sp³-hybridized carbons (Fsp3) is 0.0417. The minimum atomic E-state index is -0.710. The molecule has 5 amide bonds. The third-order valence-corrected chi connectivity index (χ3v) is 5.29. The summed E-state index contributed by atoms with van der Waals surface area (Å²) < 4.78 is 1.74. The highest BCUT2D eigenvalue weighted by Crippen LogP contribution is 2.19. The van der Waals surface area contributed by atoms with Gasteiger partial charge < -0.3 is 15.2 Å². The van der Waals surface area contributed by atoms with Gasteiger partial charge in [0.25, 0.3) is 11.8 Å². The molecule has 174 valence electrons. The largest absolute Gasteiger partial charge is 0.329 e. The van der Waals surface area contributed by atoms with Crippen LogP contribution in [-0.4, -0.2) is 39.8 Å². The summed E-state index contributed by atoms with van der Waals surface area (Å²) in [5, 5.41) is 16.2. The van der Waals surface area contributed by atoms with Crippen LogP contribution in [0, 0.1) is 11.5 Å². The maximum atomic E-state index is 12.8. The molecule has 1 saturated heterocycles. The molecule has 1 fully saturated rings. The van der Waals surface area contributed by atoms with E-state index in [0.717, 1.165) is 4.90 Å². The lowest BCUT2D eigenvalue weighted by Gasteiger charge is -2.12. The van der Waals surface area contributed by atoms with Crippen molar-refractivity contribution in [1.82, 2.24) is 20.1 Å². The molecular weight excluding hydrogens is 472 g/mol. The summed E-state index contributed by atoms with van der Waals surface area (Å²) in [6.45, 7) is -0.460. The highest BCUT2D eigenvalue weighted by atomic mass is 35.5. The predicted molar refractivity (Wildman–Crippen MR) is 127 cm³/mol. The van der Waals surface area contributed by atoms with Crippen molar-refractivity contribution in [3.63, 3.8) is 0 Å². The average molecular weight is 489 g/mol. The number of imide groups is 1.